The first-order chi connectivity index (χ1) is 9.36. The molecule has 0 amide bonds. The van der Waals surface area contributed by atoms with Gasteiger partial charge in [-0.05, 0) is 37.1 Å². The summed E-state index contributed by atoms with van der Waals surface area (Å²) in [6.45, 7) is 2.01. The van der Waals surface area contributed by atoms with Crippen LogP contribution in [-0.2, 0) is 6.54 Å². The Bertz CT molecular complexity index is 524. The Kier molecular flexibility index (Phi) is 3.51. The van der Waals surface area contributed by atoms with Crippen LogP contribution >= 0.6 is 0 Å². The molecule has 1 aromatic carbocycles. The number of hydrogen-bond acceptors (Lipinski definition) is 3. The largest absolute Gasteiger partial charge is 0.497 e. The third-order valence-electron chi connectivity index (χ3n) is 3.75. The minimum atomic E-state index is 0.472. The highest BCUT2D eigenvalue weighted by atomic mass is 16.5. The second-order valence-corrected chi connectivity index (χ2v) is 4.94. The van der Waals surface area contributed by atoms with Crippen LogP contribution in [0.1, 0.15) is 30.3 Å². The van der Waals surface area contributed by atoms with Crippen molar-refractivity contribution in [3.05, 3.63) is 48.0 Å². The number of nitrogens with one attached hydrogen (secondary N) is 1. The van der Waals surface area contributed by atoms with Gasteiger partial charge in [0, 0.05) is 18.4 Å². The summed E-state index contributed by atoms with van der Waals surface area (Å²) >= 11 is 0. The van der Waals surface area contributed by atoms with Crippen molar-refractivity contribution in [3.8, 4) is 5.75 Å². The number of imidazole rings is 1. The average Bonchev–Trinajstić information content (AvgIpc) is 3.11. The van der Waals surface area contributed by atoms with Gasteiger partial charge in [-0.1, -0.05) is 12.1 Å². The molecule has 1 fully saturated rings. The molecule has 3 rings (SSSR count). The van der Waals surface area contributed by atoms with Crippen LogP contribution in [0.3, 0.4) is 0 Å². The molecule has 1 aromatic heterocycles. The Morgan fingerprint density at radius 2 is 2.42 bits per heavy atom. The molecule has 0 radical (unpaired) electrons. The zero-order valence-corrected chi connectivity index (χ0v) is 11.2. The number of aromatic nitrogens is 2. The molecular formula is C15H19N3O. The number of ether oxygens (including phenoxy) is 1. The SMILES string of the molecule is COc1cccc(C2CCCN2Cc2ncc[nH]2)c1. The fourth-order valence-corrected chi connectivity index (χ4v) is 2.82. The molecule has 0 aliphatic carbocycles. The molecule has 4 heteroatoms. The first-order valence-corrected chi connectivity index (χ1v) is 6.73. The number of benzene rings is 1. The Balaban J connectivity index is 1.78. The average molecular weight is 257 g/mol. The third kappa shape index (κ3) is 2.63. The van der Waals surface area contributed by atoms with Crippen molar-refractivity contribution >= 4 is 0 Å². The van der Waals surface area contributed by atoms with E-state index in [4.69, 9.17) is 4.74 Å². The van der Waals surface area contributed by atoms with E-state index in [9.17, 15) is 0 Å². The van der Waals surface area contributed by atoms with Crippen molar-refractivity contribution in [1.29, 1.82) is 0 Å². The first-order valence-electron chi connectivity index (χ1n) is 6.73. The molecule has 1 saturated heterocycles. The van der Waals surface area contributed by atoms with Crippen molar-refractivity contribution in [3.63, 3.8) is 0 Å². The molecule has 19 heavy (non-hydrogen) atoms. The van der Waals surface area contributed by atoms with Crippen LogP contribution in [0.25, 0.3) is 0 Å². The van der Waals surface area contributed by atoms with E-state index in [1.54, 1.807) is 7.11 Å². The molecule has 0 spiro atoms. The second-order valence-electron chi connectivity index (χ2n) is 4.94. The summed E-state index contributed by atoms with van der Waals surface area (Å²) in [5.41, 5.74) is 1.34. The third-order valence-corrected chi connectivity index (χ3v) is 3.75. The van der Waals surface area contributed by atoms with Gasteiger partial charge in [0.2, 0.25) is 0 Å². The number of likely N-dealkylation sites (tertiary alicyclic amines) is 1. The summed E-state index contributed by atoms with van der Waals surface area (Å²) in [6.07, 6.45) is 6.13. The summed E-state index contributed by atoms with van der Waals surface area (Å²) in [7, 11) is 1.72. The molecule has 2 heterocycles. The van der Waals surface area contributed by atoms with E-state index < -0.39 is 0 Å². The van der Waals surface area contributed by atoms with E-state index in [2.05, 4.69) is 33.1 Å². The van der Waals surface area contributed by atoms with E-state index in [1.807, 2.05) is 18.5 Å². The minimum Gasteiger partial charge on any atom is -0.497 e. The summed E-state index contributed by atoms with van der Waals surface area (Å²) < 4.78 is 5.32. The number of H-pyrrole nitrogens is 1. The molecule has 0 saturated carbocycles. The summed E-state index contributed by atoms with van der Waals surface area (Å²) in [5.74, 6) is 1.97. The highest BCUT2D eigenvalue weighted by Gasteiger charge is 2.26. The van der Waals surface area contributed by atoms with E-state index in [1.165, 1.54) is 18.4 Å². The maximum absolute atomic E-state index is 5.32. The lowest BCUT2D eigenvalue weighted by molar-refractivity contribution is 0.242. The molecule has 1 aliphatic rings. The van der Waals surface area contributed by atoms with Crippen LogP contribution in [0, 0.1) is 0 Å². The van der Waals surface area contributed by atoms with Gasteiger partial charge in [-0.3, -0.25) is 4.90 Å². The van der Waals surface area contributed by atoms with Gasteiger partial charge in [-0.15, -0.1) is 0 Å². The summed E-state index contributed by atoms with van der Waals surface area (Å²) in [6, 6.07) is 8.87. The minimum absolute atomic E-state index is 0.472. The van der Waals surface area contributed by atoms with Crippen LogP contribution in [-0.4, -0.2) is 28.5 Å². The standard InChI is InChI=1S/C15H19N3O/c1-19-13-5-2-4-12(10-13)14-6-3-9-18(14)11-15-16-7-8-17-15/h2,4-5,7-8,10,14H,3,6,9,11H2,1H3,(H,16,17). The van der Waals surface area contributed by atoms with Gasteiger partial charge in [-0.25, -0.2) is 4.98 Å². The zero-order valence-electron chi connectivity index (χ0n) is 11.2. The fourth-order valence-electron chi connectivity index (χ4n) is 2.82. The van der Waals surface area contributed by atoms with Gasteiger partial charge >= 0.3 is 0 Å². The number of aromatic amines is 1. The van der Waals surface area contributed by atoms with E-state index in [-0.39, 0.29) is 0 Å². The van der Waals surface area contributed by atoms with Crippen molar-refractivity contribution in [2.24, 2.45) is 0 Å². The van der Waals surface area contributed by atoms with E-state index in [0.29, 0.717) is 6.04 Å². The van der Waals surface area contributed by atoms with Crippen molar-refractivity contribution < 1.29 is 4.74 Å². The first kappa shape index (κ1) is 12.2. The van der Waals surface area contributed by atoms with Gasteiger partial charge in [-0.2, -0.15) is 0 Å². The molecule has 1 atom stereocenters. The molecule has 0 bridgehead atoms. The van der Waals surface area contributed by atoms with Gasteiger partial charge in [0.15, 0.2) is 0 Å². The Hall–Kier alpha value is -1.81. The lowest BCUT2D eigenvalue weighted by Crippen LogP contribution is -2.23. The molecule has 1 N–H and O–H groups in total. The molecular weight excluding hydrogens is 238 g/mol. The van der Waals surface area contributed by atoms with Crippen LogP contribution in [0.15, 0.2) is 36.7 Å². The van der Waals surface area contributed by atoms with Gasteiger partial charge in [0.05, 0.1) is 13.7 Å². The highest BCUT2D eigenvalue weighted by Crippen LogP contribution is 2.34. The molecule has 100 valence electrons. The summed E-state index contributed by atoms with van der Waals surface area (Å²) in [4.78, 5) is 9.98. The van der Waals surface area contributed by atoms with Gasteiger partial charge < -0.3 is 9.72 Å². The van der Waals surface area contributed by atoms with Crippen molar-refractivity contribution in [2.75, 3.05) is 13.7 Å². The topological polar surface area (TPSA) is 41.1 Å². The van der Waals surface area contributed by atoms with E-state index >= 15 is 0 Å². The second kappa shape index (κ2) is 5.45. The zero-order chi connectivity index (χ0) is 13.1. The highest BCUT2D eigenvalue weighted by molar-refractivity contribution is 5.31. The smallest absolute Gasteiger partial charge is 0.120 e. The Labute approximate surface area is 113 Å². The quantitative estimate of drug-likeness (QED) is 0.915. The maximum Gasteiger partial charge on any atom is 0.120 e. The maximum atomic E-state index is 5.32. The Morgan fingerprint density at radius 3 is 3.21 bits per heavy atom. The van der Waals surface area contributed by atoms with E-state index in [0.717, 1.165) is 24.7 Å². The number of nitrogens with zero attached hydrogens (tertiary/aromatic N) is 2. The molecule has 1 aliphatic heterocycles. The predicted octanol–water partition coefficient (Wildman–Crippen LogP) is 2.76. The van der Waals surface area contributed by atoms with Gasteiger partial charge in [0.25, 0.3) is 0 Å². The Morgan fingerprint density at radius 1 is 1.47 bits per heavy atom. The van der Waals surface area contributed by atoms with Crippen LogP contribution < -0.4 is 4.74 Å². The monoisotopic (exact) mass is 257 g/mol. The van der Waals surface area contributed by atoms with Crippen LogP contribution in [0.5, 0.6) is 5.75 Å². The lowest BCUT2D eigenvalue weighted by atomic mass is 10.0. The van der Waals surface area contributed by atoms with Crippen LogP contribution in [0.4, 0.5) is 0 Å². The number of hydrogen-bond donors (Lipinski definition) is 1. The normalized spacial score (nSPS) is 19.7. The van der Waals surface area contributed by atoms with Gasteiger partial charge in [0.1, 0.15) is 11.6 Å². The summed E-state index contributed by atoms with van der Waals surface area (Å²) in [5, 5.41) is 0. The number of rotatable bonds is 4. The molecule has 1 unspecified atom stereocenters. The van der Waals surface area contributed by atoms with Crippen molar-refractivity contribution in [1.82, 2.24) is 14.9 Å². The van der Waals surface area contributed by atoms with Crippen molar-refractivity contribution in [2.45, 2.75) is 25.4 Å². The molecule has 2 aromatic rings. The molecule has 4 nitrogen and oxygen atoms in total. The lowest BCUT2D eigenvalue weighted by Gasteiger charge is -2.24. The fraction of sp³-hybridized carbons (Fsp3) is 0.400. The predicted molar refractivity (Wildman–Crippen MR) is 74.0 cm³/mol. The number of methoxy groups -OCH3 is 1. The van der Waals surface area contributed by atoms with Crippen LogP contribution in [0.2, 0.25) is 0 Å².